The summed E-state index contributed by atoms with van der Waals surface area (Å²) >= 11 is 0. The van der Waals surface area contributed by atoms with E-state index in [2.05, 4.69) is 25.1 Å². The molecule has 0 aromatic heterocycles. The van der Waals surface area contributed by atoms with Crippen LogP contribution in [0.2, 0.25) is 0 Å². The minimum absolute atomic E-state index is 0.000932. The number of rotatable bonds is 9. The zero-order valence-corrected chi connectivity index (χ0v) is 13.0. The highest BCUT2D eigenvalue weighted by Gasteiger charge is 2.17. The van der Waals surface area contributed by atoms with Crippen molar-refractivity contribution < 1.29 is 9.84 Å². The maximum Gasteiger partial charge on any atom is 0.119 e. The Labute approximate surface area is 127 Å². The van der Waals surface area contributed by atoms with Crippen LogP contribution in [0.3, 0.4) is 0 Å². The summed E-state index contributed by atoms with van der Waals surface area (Å²) in [4.78, 5) is 0. The van der Waals surface area contributed by atoms with Gasteiger partial charge in [-0.2, -0.15) is 0 Å². The largest absolute Gasteiger partial charge is 0.494 e. The van der Waals surface area contributed by atoms with Crippen LogP contribution in [0.5, 0.6) is 5.75 Å². The Kier molecular flexibility index (Phi) is 6.27. The molecule has 1 aliphatic carbocycles. The van der Waals surface area contributed by atoms with Gasteiger partial charge < -0.3 is 15.6 Å². The summed E-state index contributed by atoms with van der Waals surface area (Å²) in [5, 5.41) is 9.14. The fourth-order valence-corrected chi connectivity index (χ4v) is 2.69. The summed E-state index contributed by atoms with van der Waals surface area (Å²) < 4.78 is 5.83. The second-order valence-electron chi connectivity index (χ2n) is 5.81. The standard InChI is InChI=1S/C18H27NO2/c1-2-3-4-5-6-9-21-17-8-7-14-10-16(18(19)13-20)11-15(14)12-17/h7-8,10,12,18,20H,2-6,9,11,13,19H2,1H3. The van der Waals surface area contributed by atoms with Gasteiger partial charge in [-0.05, 0) is 41.7 Å². The van der Waals surface area contributed by atoms with Crippen LogP contribution in [0.1, 0.15) is 50.2 Å². The normalized spacial score (nSPS) is 14.7. The molecular formula is C18H27NO2. The number of aliphatic hydroxyl groups is 1. The highest BCUT2D eigenvalue weighted by Crippen LogP contribution is 2.29. The number of hydrogen-bond acceptors (Lipinski definition) is 3. The molecule has 0 aliphatic heterocycles. The van der Waals surface area contributed by atoms with E-state index in [-0.39, 0.29) is 12.6 Å². The lowest BCUT2D eigenvalue weighted by molar-refractivity contribution is 0.279. The van der Waals surface area contributed by atoms with Crippen LogP contribution in [0.4, 0.5) is 0 Å². The first kappa shape index (κ1) is 16.1. The maximum atomic E-state index is 9.14. The zero-order valence-electron chi connectivity index (χ0n) is 13.0. The van der Waals surface area contributed by atoms with Crippen molar-refractivity contribution in [3.8, 4) is 5.75 Å². The van der Waals surface area contributed by atoms with E-state index in [1.54, 1.807) is 0 Å². The lowest BCUT2D eigenvalue weighted by Crippen LogP contribution is -2.26. The van der Waals surface area contributed by atoms with Crippen molar-refractivity contribution in [1.82, 2.24) is 0 Å². The Balaban J connectivity index is 1.80. The van der Waals surface area contributed by atoms with Crippen molar-refractivity contribution >= 4 is 6.08 Å². The topological polar surface area (TPSA) is 55.5 Å². The van der Waals surface area contributed by atoms with Crippen molar-refractivity contribution in [2.45, 2.75) is 51.5 Å². The van der Waals surface area contributed by atoms with Crippen LogP contribution in [0.15, 0.2) is 23.8 Å². The Morgan fingerprint density at radius 2 is 2.05 bits per heavy atom. The van der Waals surface area contributed by atoms with Gasteiger partial charge in [0.15, 0.2) is 0 Å². The number of fused-ring (bicyclic) bond motifs is 1. The molecule has 1 aromatic rings. The third-order valence-corrected chi connectivity index (χ3v) is 4.04. The molecule has 1 aliphatic rings. The average molecular weight is 289 g/mol. The minimum Gasteiger partial charge on any atom is -0.494 e. The molecule has 1 unspecified atom stereocenters. The predicted octanol–water partition coefficient (Wildman–Crippen LogP) is 3.29. The SMILES string of the molecule is CCCCCCCOc1ccc2c(c1)CC(C(N)CO)=C2. The quantitative estimate of drug-likeness (QED) is 0.686. The Morgan fingerprint density at radius 3 is 2.81 bits per heavy atom. The molecule has 0 saturated carbocycles. The van der Waals surface area contributed by atoms with Crippen LogP contribution < -0.4 is 10.5 Å². The summed E-state index contributed by atoms with van der Waals surface area (Å²) in [6.45, 7) is 3.02. The zero-order chi connectivity index (χ0) is 15.1. The van der Waals surface area contributed by atoms with Gasteiger partial charge in [0.2, 0.25) is 0 Å². The monoisotopic (exact) mass is 289 g/mol. The Morgan fingerprint density at radius 1 is 1.24 bits per heavy atom. The van der Waals surface area contributed by atoms with Gasteiger partial charge in [-0.3, -0.25) is 0 Å². The molecule has 0 amide bonds. The summed E-state index contributed by atoms with van der Waals surface area (Å²) in [6, 6.07) is 5.96. The molecule has 21 heavy (non-hydrogen) atoms. The molecule has 0 heterocycles. The molecule has 3 nitrogen and oxygen atoms in total. The van der Waals surface area contributed by atoms with Crippen molar-refractivity contribution in [2.75, 3.05) is 13.2 Å². The maximum absolute atomic E-state index is 9.14. The highest BCUT2D eigenvalue weighted by atomic mass is 16.5. The van der Waals surface area contributed by atoms with E-state index in [0.29, 0.717) is 0 Å². The first-order chi connectivity index (χ1) is 10.2. The second kappa shape index (κ2) is 8.20. The molecular weight excluding hydrogens is 262 g/mol. The van der Waals surface area contributed by atoms with Gasteiger partial charge in [-0.25, -0.2) is 0 Å². The van der Waals surface area contributed by atoms with E-state index in [0.717, 1.165) is 30.8 Å². The van der Waals surface area contributed by atoms with E-state index in [1.165, 1.54) is 36.8 Å². The molecule has 0 fully saturated rings. The van der Waals surface area contributed by atoms with Crippen molar-refractivity contribution in [1.29, 1.82) is 0 Å². The molecule has 1 atom stereocenters. The lowest BCUT2D eigenvalue weighted by atomic mass is 10.1. The van der Waals surface area contributed by atoms with E-state index in [1.807, 2.05) is 6.07 Å². The number of aliphatic hydroxyl groups excluding tert-OH is 1. The van der Waals surface area contributed by atoms with Gasteiger partial charge >= 0.3 is 0 Å². The van der Waals surface area contributed by atoms with E-state index in [4.69, 9.17) is 15.6 Å². The fraction of sp³-hybridized carbons (Fsp3) is 0.556. The molecule has 0 saturated heterocycles. The van der Waals surface area contributed by atoms with Crippen LogP contribution in [-0.2, 0) is 6.42 Å². The smallest absolute Gasteiger partial charge is 0.119 e. The van der Waals surface area contributed by atoms with Crippen LogP contribution in [0, 0.1) is 0 Å². The van der Waals surface area contributed by atoms with Gasteiger partial charge in [-0.1, -0.05) is 44.7 Å². The van der Waals surface area contributed by atoms with Crippen LogP contribution >= 0.6 is 0 Å². The van der Waals surface area contributed by atoms with Crippen LogP contribution in [-0.4, -0.2) is 24.4 Å². The second-order valence-corrected chi connectivity index (χ2v) is 5.81. The molecule has 0 spiro atoms. The number of hydrogen-bond donors (Lipinski definition) is 2. The number of benzene rings is 1. The number of ether oxygens (including phenoxy) is 1. The van der Waals surface area contributed by atoms with Crippen molar-refractivity contribution in [3.05, 3.63) is 34.9 Å². The van der Waals surface area contributed by atoms with Gasteiger partial charge in [0.25, 0.3) is 0 Å². The molecule has 3 N–H and O–H groups in total. The highest BCUT2D eigenvalue weighted by molar-refractivity contribution is 5.66. The van der Waals surface area contributed by atoms with Crippen molar-refractivity contribution in [3.63, 3.8) is 0 Å². The predicted molar refractivity (Wildman–Crippen MR) is 87.4 cm³/mol. The molecule has 1 aromatic carbocycles. The summed E-state index contributed by atoms with van der Waals surface area (Å²) in [6.07, 6.45) is 9.17. The minimum atomic E-state index is -0.250. The molecule has 0 bridgehead atoms. The first-order valence-corrected chi connectivity index (χ1v) is 8.07. The summed E-state index contributed by atoms with van der Waals surface area (Å²) in [5.41, 5.74) is 9.43. The summed E-state index contributed by atoms with van der Waals surface area (Å²) in [7, 11) is 0. The van der Waals surface area contributed by atoms with Gasteiger partial charge in [0.1, 0.15) is 5.75 Å². The van der Waals surface area contributed by atoms with E-state index < -0.39 is 0 Å². The van der Waals surface area contributed by atoms with E-state index in [9.17, 15) is 0 Å². The fourth-order valence-electron chi connectivity index (χ4n) is 2.69. The van der Waals surface area contributed by atoms with Crippen LogP contribution in [0.25, 0.3) is 6.08 Å². The first-order valence-electron chi connectivity index (χ1n) is 8.07. The Bertz CT molecular complexity index is 482. The molecule has 0 radical (unpaired) electrons. The lowest BCUT2D eigenvalue weighted by Gasteiger charge is -2.09. The average Bonchev–Trinajstić information content (AvgIpc) is 2.93. The molecule has 2 rings (SSSR count). The van der Waals surface area contributed by atoms with Gasteiger partial charge in [-0.15, -0.1) is 0 Å². The van der Waals surface area contributed by atoms with Crippen molar-refractivity contribution in [2.24, 2.45) is 5.73 Å². The molecule has 116 valence electrons. The van der Waals surface area contributed by atoms with Gasteiger partial charge in [0.05, 0.1) is 13.2 Å². The van der Waals surface area contributed by atoms with E-state index >= 15 is 0 Å². The number of nitrogens with two attached hydrogens (primary N) is 1. The third-order valence-electron chi connectivity index (χ3n) is 4.04. The summed E-state index contributed by atoms with van der Waals surface area (Å²) in [5.74, 6) is 0.941. The Hall–Kier alpha value is -1.32. The molecule has 3 heteroatoms. The third kappa shape index (κ3) is 4.58. The van der Waals surface area contributed by atoms with Gasteiger partial charge in [0, 0.05) is 6.04 Å². The number of unbranched alkanes of at least 4 members (excludes halogenated alkanes) is 4.